The third-order valence-electron chi connectivity index (χ3n) is 3.74. The fourth-order valence-electron chi connectivity index (χ4n) is 2.53. The molecule has 0 amide bonds. The lowest BCUT2D eigenvalue weighted by Gasteiger charge is -2.13. The summed E-state index contributed by atoms with van der Waals surface area (Å²) in [7, 11) is 1.39. The third-order valence-corrected chi connectivity index (χ3v) is 3.74. The summed E-state index contributed by atoms with van der Waals surface area (Å²) in [6, 6.07) is 13.8. The van der Waals surface area contributed by atoms with Crippen LogP contribution in [0.15, 0.2) is 42.5 Å². The van der Waals surface area contributed by atoms with E-state index < -0.39 is 0 Å². The van der Waals surface area contributed by atoms with Crippen LogP contribution < -0.4 is 4.74 Å². The van der Waals surface area contributed by atoms with Crippen LogP contribution >= 0.6 is 0 Å². The Morgan fingerprint density at radius 2 is 1.92 bits per heavy atom. The first kappa shape index (κ1) is 18.0. The zero-order chi connectivity index (χ0) is 17.4. The fraction of sp³-hybridized carbons (Fsp3) is 0.350. The molecule has 128 valence electrons. The maximum absolute atomic E-state index is 11.4. The van der Waals surface area contributed by atoms with E-state index in [4.69, 9.17) is 9.47 Å². The standard InChI is InChI=1S/C20H24O4/c1-3-11-24-19-8-7-17(14-18(19)9-10-21)16-6-4-5-15(12-16)13-20(22)23-2/h4-8,12,14,21H,3,9-11,13H2,1-2H3. The molecule has 0 atom stereocenters. The van der Waals surface area contributed by atoms with Gasteiger partial charge in [0.2, 0.25) is 0 Å². The van der Waals surface area contributed by atoms with Crippen LogP contribution in [0.1, 0.15) is 24.5 Å². The SMILES string of the molecule is CCCOc1ccc(-c2cccc(CC(=O)OC)c2)cc1CCO. The molecule has 0 unspecified atom stereocenters. The molecule has 0 aliphatic carbocycles. The predicted octanol–water partition coefficient (Wildman–Crippen LogP) is 3.39. The van der Waals surface area contributed by atoms with Gasteiger partial charge in [-0.2, -0.15) is 0 Å². The molecule has 2 aromatic rings. The van der Waals surface area contributed by atoms with Crippen molar-refractivity contribution < 1.29 is 19.4 Å². The first-order chi connectivity index (χ1) is 11.7. The Morgan fingerprint density at radius 3 is 2.62 bits per heavy atom. The van der Waals surface area contributed by atoms with Crippen LogP contribution in [0.2, 0.25) is 0 Å². The fourth-order valence-corrected chi connectivity index (χ4v) is 2.53. The average Bonchev–Trinajstić information content (AvgIpc) is 2.61. The molecule has 0 heterocycles. The van der Waals surface area contributed by atoms with Crippen molar-refractivity contribution in [3.8, 4) is 16.9 Å². The molecule has 0 spiro atoms. The minimum Gasteiger partial charge on any atom is -0.493 e. The number of methoxy groups -OCH3 is 1. The summed E-state index contributed by atoms with van der Waals surface area (Å²) in [6.07, 6.45) is 1.75. The second kappa shape index (κ2) is 9.08. The number of esters is 1. The Kier molecular flexibility index (Phi) is 6.82. The zero-order valence-electron chi connectivity index (χ0n) is 14.2. The Bertz CT molecular complexity index is 679. The molecule has 0 fully saturated rings. The number of carbonyl (C=O) groups excluding carboxylic acids is 1. The Labute approximate surface area is 143 Å². The molecule has 0 aliphatic heterocycles. The van der Waals surface area contributed by atoms with Gasteiger partial charge in [-0.3, -0.25) is 4.79 Å². The highest BCUT2D eigenvalue weighted by Crippen LogP contribution is 2.28. The van der Waals surface area contributed by atoms with E-state index in [2.05, 4.69) is 6.92 Å². The van der Waals surface area contributed by atoms with Crippen LogP contribution in [0.3, 0.4) is 0 Å². The molecule has 0 bridgehead atoms. The molecule has 4 heteroatoms. The number of hydrogen-bond donors (Lipinski definition) is 1. The van der Waals surface area contributed by atoms with E-state index in [0.29, 0.717) is 13.0 Å². The van der Waals surface area contributed by atoms with Gasteiger partial charge < -0.3 is 14.6 Å². The third kappa shape index (κ3) is 4.83. The maximum atomic E-state index is 11.4. The molecule has 2 aromatic carbocycles. The summed E-state index contributed by atoms with van der Waals surface area (Å²) in [5.74, 6) is 0.566. The van der Waals surface area contributed by atoms with Crippen molar-refractivity contribution in [2.24, 2.45) is 0 Å². The summed E-state index contributed by atoms with van der Waals surface area (Å²) in [4.78, 5) is 11.4. The first-order valence-corrected chi connectivity index (χ1v) is 8.20. The van der Waals surface area contributed by atoms with Crippen LogP contribution in [0.4, 0.5) is 0 Å². The number of aliphatic hydroxyl groups is 1. The average molecular weight is 328 g/mol. The van der Waals surface area contributed by atoms with Crippen molar-refractivity contribution in [3.05, 3.63) is 53.6 Å². The smallest absolute Gasteiger partial charge is 0.309 e. The molecule has 0 radical (unpaired) electrons. The van der Waals surface area contributed by atoms with Crippen LogP contribution in [0.5, 0.6) is 5.75 Å². The van der Waals surface area contributed by atoms with Crippen molar-refractivity contribution in [3.63, 3.8) is 0 Å². The summed E-state index contributed by atoms with van der Waals surface area (Å²) in [6.45, 7) is 2.80. The highest BCUT2D eigenvalue weighted by molar-refractivity contribution is 5.74. The van der Waals surface area contributed by atoms with E-state index in [1.165, 1.54) is 7.11 Å². The number of benzene rings is 2. The minimum absolute atomic E-state index is 0.0777. The first-order valence-electron chi connectivity index (χ1n) is 8.20. The van der Waals surface area contributed by atoms with Crippen molar-refractivity contribution >= 4 is 5.97 Å². The van der Waals surface area contributed by atoms with E-state index in [-0.39, 0.29) is 19.0 Å². The van der Waals surface area contributed by atoms with Gasteiger partial charge in [0.1, 0.15) is 5.75 Å². The quantitative estimate of drug-likeness (QED) is 0.755. The molecule has 1 N–H and O–H groups in total. The van der Waals surface area contributed by atoms with Gasteiger partial charge in [0.15, 0.2) is 0 Å². The van der Waals surface area contributed by atoms with Gasteiger partial charge in [0.25, 0.3) is 0 Å². The van der Waals surface area contributed by atoms with Gasteiger partial charge in [-0.1, -0.05) is 37.3 Å². The van der Waals surface area contributed by atoms with Gasteiger partial charge >= 0.3 is 5.97 Å². The molecule has 0 aliphatic rings. The highest BCUT2D eigenvalue weighted by atomic mass is 16.5. The summed E-state index contributed by atoms with van der Waals surface area (Å²) in [5, 5.41) is 9.29. The van der Waals surface area contributed by atoms with Gasteiger partial charge in [-0.25, -0.2) is 0 Å². The molecule has 4 nitrogen and oxygen atoms in total. The van der Waals surface area contributed by atoms with Crippen LogP contribution in [0, 0.1) is 0 Å². The number of carbonyl (C=O) groups is 1. The van der Waals surface area contributed by atoms with Crippen LogP contribution in [-0.4, -0.2) is 31.4 Å². The largest absolute Gasteiger partial charge is 0.493 e. The molecule has 0 aromatic heterocycles. The van der Waals surface area contributed by atoms with Gasteiger partial charge in [0, 0.05) is 6.61 Å². The van der Waals surface area contributed by atoms with Crippen molar-refractivity contribution in [1.82, 2.24) is 0 Å². The minimum atomic E-state index is -0.253. The Balaban J connectivity index is 2.29. The lowest BCUT2D eigenvalue weighted by Crippen LogP contribution is -2.04. The number of aliphatic hydroxyl groups excluding tert-OH is 1. The summed E-state index contributed by atoms with van der Waals surface area (Å²) < 4.78 is 10.5. The lowest BCUT2D eigenvalue weighted by molar-refractivity contribution is -0.139. The second-order valence-corrected chi connectivity index (χ2v) is 5.60. The summed E-state index contributed by atoms with van der Waals surface area (Å²) >= 11 is 0. The Morgan fingerprint density at radius 1 is 1.12 bits per heavy atom. The van der Waals surface area contributed by atoms with Crippen LogP contribution in [-0.2, 0) is 22.4 Å². The van der Waals surface area contributed by atoms with E-state index in [1.807, 2.05) is 42.5 Å². The Hall–Kier alpha value is -2.33. The molecular weight excluding hydrogens is 304 g/mol. The highest BCUT2D eigenvalue weighted by Gasteiger charge is 2.08. The van der Waals surface area contributed by atoms with E-state index in [0.717, 1.165) is 34.4 Å². The van der Waals surface area contributed by atoms with E-state index in [9.17, 15) is 9.90 Å². The lowest BCUT2D eigenvalue weighted by atomic mass is 9.98. The monoisotopic (exact) mass is 328 g/mol. The van der Waals surface area contributed by atoms with Gasteiger partial charge in [0.05, 0.1) is 20.1 Å². The number of hydrogen-bond acceptors (Lipinski definition) is 4. The molecular formula is C20H24O4. The maximum Gasteiger partial charge on any atom is 0.309 e. The van der Waals surface area contributed by atoms with Crippen molar-refractivity contribution in [2.45, 2.75) is 26.2 Å². The van der Waals surface area contributed by atoms with E-state index in [1.54, 1.807) is 0 Å². The topological polar surface area (TPSA) is 55.8 Å². The normalized spacial score (nSPS) is 10.5. The second-order valence-electron chi connectivity index (χ2n) is 5.60. The molecule has 24 heavy (non-hydrogen) atoms. The summed E-state index contributed by atoms with van der Waals surface area (Å²) in [5.41, 5.74) is 3.96. The zero-order valence-corrected chi connectivity index (χ0v) is 14.2. The molecule has 0 saturated heterocycles. The van der Waals surface area contributed by atoms with E-state index >= 15 is 0 Å². The van der Waals surface area contributed by atoms with Crippen molar-refractivity contribution in [2.75, 3.05) is 20.3 Å². The molecule has 2 rings (SSSR count). The molecule has 0 saturated carbocycles. The van der Waals surface area contributed by atoms with Gasteiger partial charge in [-0.05, 0) is 47.2 Å². The van der Waals surface area contributed by atoms with Crippen LogP contribution in [0.25, 0.3) is 11.1 Å². The number of rotatable bonds is 8. The van der Waals surface area contributed by atoms with Crippen molar-refractivity contribution in [1.29, 1.82) is 0 Å². The van der Waals surface area contributed by atoms with Gasteiger partial charge in [-0.15, -0.1) is 0 Å². The number of ether oxygens (including phenoxy) is 2. The predicted molar refractivity (Wildman–Crippen MR) is 94.2 cm³/mol.